The number of nitrogens with one attached hydrogen (secondary N) is 1. The fraction of sp³-hybridized carbons (Fsp3) is 0.667. The van der Waals surface area contributed by atoms with E-state index in [1.165, 1.54) is 0 Å². The fourth-order valence-electron chi connectivity index (χ4n) is 3.02. The van der Waals surface area contributed by atoms with Crippen molar-refractivity contribution >= 4 is 28.2 Å². The van der Waals surface area contributed by atoms with Crippen LogP contribution in [0.15, 0.2) is 0 Å². The van der Waals surface area contributed by atoms with Gasteiger partial charge in [0.05, 0.1) is 25.6 Å². The summed E-state index contributed by atoms with van der Waals surface area (Å²) in [6.45, 7) is 0.161. The molecule has 1 aromatic rings. The van der Waals surface area contributed by atoms with E-state index < -0.39 is 40.3 Å². The van der Waals surface area contributed by atoms with Crippen LogP contribution in [0, 0.1) is 0 Å². The number of piperidine rings is 1. The second kappa shape index (κ2) is 8.23. The molecule has 1 aromatic heterocycles. The molecule has 4 N–H and O–H groups in total. The van der Waals surface area contributed by atoms with Gasteiger partial charge in [0.1, 0.15) is 6.04 Å². The highest BCUT2D eigenvalue weighted by Crippen LogP contribution is 2.30. The zero-order valence-electron chi connectivity index (χ0n) is 14.9. The van der Waals surface area contributed by atoms with Crippen LogP contribution in [0.1, 0.15) is 18.7 Å². The zero-order valence-corrected chi connectivity index (χ0v) is 15.7. The summed E-state index contributed by atoms with van der Waals surface area (Å²) in [6, 6.07) is -2.33. The summed E-state index contributed by atoms with van der Waals surface area (Å²) in [7, 11) is -4.86. The third-order valence-electron chi connectivity index (χ3n) is 4.19. The number of urea groups is 1. The van der Waals surface area contributed by atoms with Gasteiger partial charge in [0, 0.05) is 6.54 Å². The number of nitrogens with two attached hydrogens (primary N) is 1. The van der Waals surface area contributed by atoms with Gasteiger partial charge in [0.25, 0.3) is 5.91 Å². The zero-order chi connectivity index (χ0) is 21.2. The molecule has 4 amide bonds. The Morgan fingerprint density at radius 1 is 1.34 bits per heavy atom. The lowest BCUT2D eigenvalue weighted by atomic mass is 10.0. The summed E-state index contributed by atoms with van der Waals surface area (Å²) in [6.07, 6.45) is 0.391. The average molecular weight is 434 g/mol. The van der Waals surface area contributed by atoms with E-state index in [1.54, 1.807) is 0 Å². The Morgan fingerprint density at radius 2 is 2.10 bits per heavy atom. The summed E-state index contributed by atoms with van der Waals surface area (Å²) >= 11 is 0. The predicted octanol–water partition coefficient (Wildman–Crippen LogP) is -3.25. The van der Waals surface area contributed by atoms with Crippen LogP contribution in [0.4, 0.5) is 4.79 Å². The molecular formula is C12H18N8O8S. The lowest BCUT2D eigenvalue weighted by molar-refractivity contribution is -0.139. The van der Waals surface area contributed by atoms with Crippen molar-refractivity contribution in [2.45, 2.75) is 37.9 Å². The van der Waals surface area contributed by atoms with Gasteiger partial charge in [0.2, 0.25) is 5.91 Å². The summed E-state index contributed by atoms with van der Waals surface area (Å²) in [4.78, 5) is 42.7. The van der Waals surface area contributed by atoms with Gasteiger partial charge in [-0.2, -0.15) is 18.3 Å². The molecule has 2 saturated heterocycles. The molecule has 0 radical (unpaired) electrons. The number of tetrazole rings is 1. The van der Waals surface area contributed by atoms with E-state index in [4.69, 9.17) is 15.1 Å². The number of hydrogen-bond acceptors (Lipinski definition) is 10. The highest BCUT2D eigenvalue weighted by Gasteiger charge is 2.49. The molecule has 0 spiro atoms. The van der Waals surface area contributed by atoms with E-state index in [-0.39, 0.29) is 38.4 Å². The monoisotopic (exact) mass is 434 g/mol. The number of nitrogens with zero attached hydrogens (tertiary/aromatic N) is 6. The van der Waals surface area contributed by atoms with E-state index >= 15 is 0 Å². The quantitative estimate of drug-likeness (QED) is 0.199. The van der Waals surface area contributed by atoms with Crippen LogP contribution in [0.2, 0.25) is 0 Å². The Bertz CT molecular complexity index is 903. The smallest absolute Gasteiger partial charge is 0.369 e. The molecule has 29 heavy (non-hydrogen) atoms. The molecule has 0 unspecified atom stereocenters. The first kappa shape index (κ1) is 20.8. The van der Waals surface area contributed by atoms with Gasteiger partial charge in [0.15, 0.2) is 5.82 Å². The molecule has 2 fully saturated rings. The largest absolute Gasteiger partial charge is 0.418 e. The minimum Gasteiger partial charge on any atom is -0.369 e. The van der Waals surface area contributed by atoms with Gasteiger partial charge in [-0.05, 0) is 18.1 Å². The molecule has 3 heterocycles. The van der Waals surface area contributed by atoms with Gasteiger partial charge in [-0.25, -0.2) is 10.3 Å². The molecule has 0 saturated carbocycles. The van der Waals surface area contributed by atoms with Crippen molar-refractivity contribution in [2.75, 3.05) is 13.2 Å². The Labute approximate surface area is 163 Å². The van der Waals surface area contributed by atoms with Gasteiger partial charge >= 0.3 is 16.4 Å². The van der Waals surface area contributed by atoms with Gasteiger partial charge in [-0.1, -0.05) is 0 Å². The summed E-state index contributed by atoms with van der Waals surface area (Å²) in [5, 5.41) is 11.8. The van der Waals surface area contributed by atoms with Crippen molar-refractivity contribution in [1.82, 2.24) is 35.7 Å². The molecule has 2 aliphatic rings. The summed E-state index contributed by atoms with van der Waals surface area (Å²) in [5.74, 6) is -1.05. The van der Waals surface area contributed by atoms with Crippen molar-refractivity contribution < 1.29 is 36.5 Å². The minimum atomic E-state index is -4.86. The third kappa shape index (κ3) is 5.13. The number of carbonyl (C=O) groups excluding carboxylic acids is 3. The number of rotatable bonds is 9. The van der Waals surface area contributed by atoms with Crippen LogP contribution in [0.5, 0.6) is 0 Å². The maximum Gasteiger partial charge on any atom is 0.418 e. The maximum atomic E-state index is 12.3. The van der Waals surface area contributed by atoms with Crippen molar-refractivity contribution in [1.29, 1.82) is 0 Å². The highest BCUT2D eigenvalue weighted by atomic mass is 32.3. The topological polar surface area (TPSA) is 212 Å². The first-order valence-corrected chi connectivity index (χ1v) is 9.74. The van der Waals surface area contributed by atoms with Crippen molar-refractivity contribution in [3.8, 4) is 0 Å². The van der Waals surface area contributed by atoms with E-state index in [0.717, 1.165) is 9.70 Å². The van der Waals surface area contributed by atoms with Crippen molar-refractivity contribution in [3.05, 3.63) is 5.82 Å². The van der Waals surface area contributed by atoms with Crippen LogP contribution < -0.4 is 11.2 Å². The third-order valence-corrected chi connectivity index (χ3v) is 4.54. The summed E-state index contributed by atoms with van der Waals surface area (Å²) < 4.78 is 34.8. The van der Waals surface area contributed by atoms with Crippen LogP contribution in [0.25, 0.3) is 0 Å². The molecule has 2 atom stereocenters. The van der Waals surface area contributed by atoms with Crippen molar-refractivity contribution in [2.24, 2.45) is 5.73 Å². The van der Waals surface area contributed by atoms with Crippen molar-refractivity contribution in [3.63, 3.8) is 0 Å². The standard InChI is InChI=1S/C12H18N8O8S/c13-9(21)5-10-14-17-19(15-10)3-4-27-16-11(22)8-2-1-7-6-18(8)12(23)20(7)28-29(24,25)26/h7-8H,1-6H2,(H2,13,21)(H,16,22)(H,24,25,26)/t7-,8+/m1/s1. The van der Waals surface area contributed by atoms with Crippen LogP contribution in [0.3, 0.4) is 0 Å². The molecule has 0 aliphatic carbocycles. The minimum absolute atomic E-state index is 0.0284. The number of amides is 4. The van der Waals surface area contributed by atoms with Crippen LogP contribution >= 0.6 is 0 Å². The highest BCUT2D eigenvalue weighted by molar-refractivity contribution is 7.80. The molecular weight excluding hydrogens is 416 g/mol. The van der Waals surface area contributed by atoms with E-state index in [0.29, 0.717) is 11.5 Å². The number of aromatic nitrogens is 4. The second-order valence-electron chi connectivity index (χ2n) is 6.27. The van der Waals surface area contributed by atoms with Crippen LogP contribution in [-0.2, 0) is 42.1 Å². The van der Waals surface area contributed by atoms with E-state index in [2.05, 4.69) is 25.2 Å². The van der Waals surface area contributed by atoms with E-state index in [9.17, 15) is 22.8 Å². The molecule has 17 heteroatoms. The average Bonchev–Trinajstić information content (AvgIpc) is 3.15. The maximum absolute atomic E-state index is 12.3. The first-order chi connectivity index (χ1) is 13.6. The molecule has 3 rings (SSSR count). The lowest BCUT2D eigenvalue weighted by Gasteiger charge is -2.28. The Balaban J connectivity index is 1.46. The predicted molar refractivity (Wildman–Crippen MR) is 88.2 cm³/mol. The molecule has 0 aromatic carbocycles. The Morgan fingerprint density at radius 3 is 2.79 bits per heavy atom. The number of primary amides is 1. The number of hydrogen-bond donors (Lipinski definition) is 3. The number of carbonyl (C=O) groups is 3. The van der Waals surface area contributed by atoms with Gasteiger partial charge in [-0.15, -0.1) is 14.5 Å². The first-order valence-electron chi connectivity index (χ1n) is 8.37. The molecule has 2 bridgehead atoms. The molecule has 160 valence electrons. The second-order valence-corrected chi connectivity index (χ2v) is 7.27. The SMILES string of the molecule is NC(=O)Cc1nnn(CCONC(=O)[C@@H]2CC[C@@H]3CN2C(=O)N3OS(=O)(=O)O)n1. The Hall–Kier alpha value is -2.89. The van der Waals surface area contributed by atoms with Gasteiger partial charge < -0.3 is 10.6 Å². The molecule has 2 aliphatic heterocycles. The fourth-order valence-corrected chi connectivity index (χ4v) is 3.41. The normalized spacial score (nSPS) is 21.5. The lowest BCUT2D eigenvalue weighted by Crippen LogP contribution is -2.49. The summed E-state index contributed by atoms with van der Waals surface area (Å²) in [5.41, 5.74) is 7.23. The van der Waals surface area contributed by atoms with Crippen LogP contribution in [-0.4, -0.2) is 86.2 Å². The van der Waals surface area contributed by atoms with E-state index in [1.807, 2.05) is 0 Å². The number of hydroxylamine groups is 3. The molecule has 16 nitrogen and oxygen atoms in total. The Kier molecular flexibility index (Phi) is 5.91. The van der Waals surface area contributed by atoms with Gasteiger partial charge in [-0.3, -0.25) is 19.0 Å². The number of fused-ring (bicyclic) bond motifs is 2.